The molecule has 0 saturated heterocycles. The topological polar surface area (TPSA) is 45.6 Å². The van der Waals surface area contributed by atoms with Crippen molar-refractivity contribution in [2.75, 3.05) is 20.3 Å². The summed E-state index contributed by atoms with van der Waals surface area (Å²) in [4.78, 5) is 2.09. The molecule has 0 amide bonds. The lowest BCUT2D eigenvalue weighted by molar-refractivity contribution is 0.286. The van der Waals surface area contributed by atoms with Crippen LogP contribution in [0.3, 0.4) is 0 Å². The van der Waals surface area contributed by atoms with Crippen LogP contribution in [0.15, 0.2) is 12.1 Å². The molecule has 1 saturated carbocycles. The van der Waals surface area contributed by atoms with E-state index in [1.807, 2.05) is 27.0 Å². The van der Waals surface area contributed by atoms with E-state index in [2.05, 4.69) is 11.0 Å². The molecule has 0 aromatic heterocycles. The molecular formula is C15H20N2O2. The van der Waals surface area contributed by atoms with Gasteiger partial charge in [0.1, 0.15) is 5.84 Å². The molecule has 1 aromatic carbocycles. The summed E-state index contributed by atoms with van der Waals surface area (Å²) in [6.07, 6.45) is 2.25. The zero-order valence-corrected chi connectivity index (χ0v) is 11.7. The van der Waals surface area contributed by atoms with E-state index in [1.54, 1.807) is 0 Å². The predicted octanol–water partition coefficient (Wildman–Crippen LogP) is 2.74. The Morgan fingerprint density at radius 1 is 1.16 bits per heavy atom. The summed E-state index contributed by atoms with van der Waals surface area (Å²) in [5, 5.41) is 8.26. The summed E-state index contributed by atoms with van der Waals surface area (Å²) in [5.41, 5.74) is 2.28. The van der Waals surface area contributed by atoms with E-state index in [-0.39, 0.29) is 5.54 Å². The van der Waals surface area contributed by atoms with Gasteiger partial charge in [-0.2, -0.15) is 0 Å². The van der Waals surface area contributed by atoms with Gasteiger partial charge >= 0.3 is 0 Å². The fraction of sp³-hybridized carbons (Fsp3) is 0.533. The van der Waals surface area contributed by atoms with Crippen LogP contribution in [0.2, 0.25) is 0 Å². The highest BCUT2D eigenvalue weighted by Gasteiger charge is 2.55. The maximum Gasteiger partial charge on any atom is 0.161 e. The van der Waals surface area contributed by atoms with E-state index in [9.17, 15) is 0 Å². The van der Waals surface area contributed by atoms with Crippen LogP contribution in [0.1, 0.15) is 37.8 Å². The average molecular weight is 260 g/mol. The number of benzene rings is 1. The van der Waals surface area contributed by atoms with Crippen molar-refractivity contribution in [1.82, 2.24) is 4.90 Å². The first-order valence-corrected chi connectivity index (χ1v) is 6.91. The molecule has 1 heterocycles. The molecule has 1 N–H and O–H groups in total. The molecular weight excluding hydrogens is 240 g/mol. The van der Waals surface area contributed by atoms with Crippen molar-refractivity contribution in [2.24, 2.45) is 0 Å². The third kappa shape index (κ3) is 1.62. The molecule has 0 unspecified atom stereocenters. The summed E-state index contributed by atoms with van der Waals surface area (Å²) >= 11 is 0. The van der Waals surface area contributed by atoms with Gasteiger partial charge in [0.25, 0.3) is 0 Å². The zero-order chi connectivity index (χ0) is 13.6. The first-order chi connectivity index (χ1) is 9.14. The second-order valence-electron chi connectivity index (χ2n) is 5.15. The third-order valence-corrected chi connectivity index (χ3v) is 4.14. The Bertz CT molecular complexity index is 535. The Morgan fingerprint density at radius 2 is 1.74 bits per heavy atom. The van der Waals surface area contributed by atoms with Crippen molar-refractivity contribution in [3.05, 3.63) is 23.3 Å². The quantitative estimate of drug-likeness (QED) is 0.905. The Kier molecular flexibility index (Phi) is 2.69. The molecule has 19 heavy (non-hydrogen) atoms. The van der Waals surface area contributed by atoms with Crippen LogP contribution in [0.5, 0.6) is 11.5 Å². The van der Waals surface area contributed by atoms with Crippen LogP contribution < -0.4 is 9.47 Å². The first-order valence-electron chi connectivity index (χ1n) is 6.91. The Hall–Kier alpha value is -1.71. The number of rotatable bonds is 4. The lowest BCUT2D eigenvalue weighted by atomic mass is 10.0. The molecule has 4 heteroatoms. The number of hydrogen-bond donors (Lipinski definition) is 1. The highest BCUT2D eigenvalue weighted by molar-refractivity contribution is 6.03. The van der Waals surface area contributed by atoms with Gasteiger partial charge in [-0.25, -0.2) is 0 Å². The van der Waals surface area contributed by atoms with E-state index in [4.69, 9.17) is 14.9 Å². The third-order valence-electron chi connectivity index (χ3n) is 4.14. The summed E-state index contributed by atoms with van der Waals surface area (Å²) in [7, 11) is 2.01. The minimum Gasteiger partial charge on any atom is -0.490 e. The Balaban J connectivity index is 2.11. The lowest BCUT2D eigenvalue weighted by Crippen LogP contribution is -2.28. The van der Waals surface area contributed by atoms with Crippen molar-refractivity contribution in [1.29, 1.82) is 5.41 Å². The van der Waals surface area contributed by atoms with Crippen molar-refractivity contribution < 1.29 is 9.47 Å². The standard InChI is InChI=1S/C15H20N2O2/c1-4-18-12-8-10-11(9-13(12)19-5-2)15(6-7-15)17(3)14(10)16/h8-9,16H,4-7H2,1-3H3. The molecule has 102 valence electrons. The number of fused-ring (bicyclic) bond motifs is 2. The molecule has 0 radical (unpaired) electrons. The van der Waals surface area contributed by atoms with Crippen LogP contribution in [0.25, 0.3) is 0 Å². The fourth-order valence-corrected chi connectivity index (χ4v) is 2.98. The summed E-state index contributed by atoms with van der Waals surface area (Å²) in [6, 6.07) is 4.05. The van der Waals surface area contributed by atoms with Crippen molar-refractivity contribution in [2.45, 2.75) is 32.2 Å². The van der Waals surface area contributed by atoms with Gasteiger partial charge in [0.05, 0.1) is 18.8 Å². The second kappa shape index (κ2) is 4.15. The van der Waals surface area contributed by atoms with Gasteiger partial charge in [0.2, 0.25) is 0 Å². The number of hydrogen-bond acceptors (Lipinski definition) is 3. The molecule has 1 aliphatic carbocycles. The minimum absolute atomic E-state index is 0.0585. The Labute approximate surface area is 113 Å². The number of nitrogens with zero attached hydrogens (tertiary/aromatic N) is 1. The first kappa shape index (κ1) is 12.3. The van der Waals surface area contributed by atoms with Crippen LogP contribution in [0, 0.1) is 5.41 Å². The SMILES string of the molecule is CCOc1cc2c(cc1OCC)C1(CC1)N(C)C2=N. The number of ether oxygens (including phenoxy) is 2. The second-order valence-corrected chi connectivity index (χ2v) is 5.15. The summed E-state index contributed by atoms with van der Waals surface area (Å²) < 4.78 is 11.3. The summed E-state index contributed by atoms with van der Waals surface area (Å²) in [6.45, 7) is 5.17. The van der Waals surface area contributed by atoms with Crippen molar-refractivity contribution in [3.8, 4) is 11.5 Å². The van der Waals surface area contributed by atoms with E-state index in [0.717, 1.165) is 29.9 Å². The summed E-state index contributed by atoms with van der Waals surface area (Å²) in [5.74, 6) is 2.15. The molecule has 0 bridgehead atoms. The lowest BCUT2D eigenvalue weighted by Gasteiger charge is -2.21. The molecule has 0 atom stereocenters. The Morgan fingerprint density at radius 3 is 2.26 bits per heavy atom. The highest BCUT2D eigenvalue weighted by Crippen LogP contribution is 2.57. The molecule has 1 fully saturated rings. The van der Waals surface area contributed by atoms with E-state index < -0.39 is 0 Å². The van der Waals surface area contributed by atoms with Gasteiger partial charge < -0.3 is 14.4 Å². The van der Waals surface area contributed by atoms with Crippen LogP contribution in [0.4, 0.5) is 0 Å². The molecule has 1 spiro atoms. The molecule has 1 aliphatic heterocycles. The van der Waals surface area contributed by atoms with Crippen molar-refractivity contribution in [3.63, 3.8) is 0 Å². The maximum atomic E-state index is 8.26. The van der Waals surface area contributed by atoms with Gasteiger partial charge in [0, 0.05) is 12.6 Å². The predicted molar refractivity (Wildman–Crippen MR) is 74.3 cm³/mol. The highest BCUT2D eigenvalue weighted by atomic mass is 16.5. The molecule has 1 aromatic rings. The van der Waals surface area contributed by atoms with Gasteiger partial charge in [-0.1, -0.05) is 0 Å². The van der Waals surface area contributed by atoms with Crippen LogP contribution >= 0.6 is 0 Å². The van der Waals surface area contributed by atoms with Crippen LogP contribution in [-0.4, -0.2) is 31.0 Å². The van der Waals surface area contributed by atoms with E-state index >= 15 is 0 Å². The smallest absolute Gasteiger partial charge is 0.161 e. The average Bonchev–Trinajstić information content (AvgIpc) is 3.17. The van der Waals surface area contributed by atoms with Crippen molar-refractivity contribution >= 4 is 5.84 Å². The molecule has 4 nitrogen and oxygen atoms in total. The number of nitrogens with one attached hydrogen (secondary N) is 1. The van der Waals surface area contributed by atoms with Gasteiger partial charge in [0.15, 0.2) is 11.5 Å². The molecule has 2 aliphatic rings. The van der Waals surface area contributed by atoms with Crippen LogP contribution in [-0.2, 0) is 5.54 Å². The fourth-order valence-electron chi connectivity index (χ4n) is 2.98. The largest absolute Gasteiger partial charge is 0.490 e. The maximum absolute atomic E-state index is 8.26. The molecule has 3 rings (SSSR count). The van der Waals surface area contributed by atoms with E-state index in [0.29, 0.717) is 19.0 Å². The van der Waals surface area contributed by atoms with Gasteiger partial charge in [-0.05, 0) is 44.4 Å². The minimum atomic E-state index is 0.0585. The normalized spacial score (nSPS) is 18.7. The monoisotopic (exact) mass is 260 g/mol. The zero-order valence-electron chi connectivity index (χ0n) is 11.7. The van der Waals surface area contributed by atoms with E-state index in [1.165, 1.54) is 5.56 Å². The number of amidine groups is 1. The van der Waals surface area contributed by atoms with Gasteiger partial charge in [-0.15, -0.1) is 0 Å². The van der Waals surface area contributed by atoms with Gasteiger partial charge in [-0.3, -0.25) is 5.41 Å².